The van der Waals surface area contributed by atoms with Gasteiger partial charge in [-0.15, -0.1) is 0 Å². The van der Waals surface area contributed by atoms with Crippen molar-refractivity contribution in [1.29, 1.82) is 0 Å². The lowest BCUT2D eigenvalue weighted by Gasteiger charge is -2.11. The lowest BCUT2D eigenvalue weighted by Crippen LogP contribution is -2.16. The molecule has 0 radical (unpaired) electrons. The normalized spacial score (nSPS) is 11.0. The number of nitrogens with one attached hydrogen (secondary N) is 2. The van der Waals surface area contributed by atoms with Crippen molar-refractivity contribution in [1.82, 2.24) is 19.4 Å². The Morgan fingerprint density at radius 1 is 1.17 bits per heavy atom. The molecule has 0 aliphatic rings. The number of rotatable bonds is 7. The molecule has 148 valence electrons. The Hall–Kier alpha value is -2.95. The lowest BCUT2D eigenvalue weighted by atomic mass is 10.1. The van der Waals surface area contributed by atoms with E-state index in [1.807, 2.05) is 16.5 Å². The summed E-state index contributed by atoms with van der Waals surface area (Å²) in [4.78, 5) is 23.2. The number of thiazole rings is 1. The monoisotopic (exact) mass is 449 g/mol. The van der Waals surface area contributed by atoms with Crippen molar-refractivity contribution in [2.24, 2.45) is 0 Å². The molecule has 4 rings (SSSR count). The zero-order chi connectivity index (χ0) is 20.4. The third-order valence-electron chi connectivity index (χ3n) is 3.95. The van der Waals surface area contributed by atoms with Gasteiger partial charge in [-0.25, -0.2) is 15.0 Å². The summed E-state index contributed by atoms with van der Waals surface area (Å²) in [6.07, 6.45) is 4.72. The summed E-state index contributed by atoms with van der Waals surface area (Å²) < 4.78 is 1.82. The Morgan fingerprint density at radius 2 is 2.00 bits per heavy atom. The smallest absolute Gasteiger partial charge is 0.345 e. The zero-order valence-electron chi connectivity index (χ0n) is 14.7. The van der Waals surface area contributed by atoms with Crippen molar-refractivity contribution < 1.29 is 4.92 Å². The summed E-state index contributed by atoms with van der Waals surface area (Å²) >= 11 is 13.3. The number of hydrogen-bond acceptors (Lipinski definition) is 8. The minimum atomic E-state index is -0.464. The van der Waals surface area contributed by atoms with Gasteiger partial charge >= 0.3 is 5.00 Å². The first-order valence-electron chi connectivity index (χ1n) is 8.39. The first-order chi connectivity index (χ1) is 14.0. The number of benzene rings is 1. The molecule has 0 atom stereocenters. The molecular weight excluding hydrogens is 437 g/mol. The molecule has 0 saturated heterocycles. The summed E-state index contributed by atoms with van der Waals surface area (Å²) in [6.45, 7) is 1.000. The molecule has 0 aliphatic heterocycles. The van der Waals surface area contributed by atoms with Crippen molar-refractivity contribution >= 4 is 56.3 Å². The number of anilines is 2. The van der Waals surface area contributed by atoms with Crippen molar-refractivity contribution in [3.05, 3.63) is 63.0 Å². The fraction of sp³-hybridized carbons (Fsp3) is 0.118. The first kappa shape index (κ1) is 19.4. The number of aromatic nitrogens is 4. The predicted molar refractivity (Wildman–Crippen MR) is 114 cm³/mol. The van der Waals surface area contributed by atoms with Crippen LogP contribution in [0.15, 0.2) is 42.9 Å². The Morgan fingerprint density at radius 3 is 2.76 bits per heavy atom. The summed E-state index contributed by atoms with van der Waals surface area (Å²) in [5, 5.41) is 18.5. The Kier molecular flexibility index (Phi) is 5.47. The molecule has 29 heavy (non-hydrogen) atoms. The van der Waals surface area contributed by atoms with Crippen LogP contribution in [0.25, 0.3) is 16.9 Å². The number of imidazole rings is 1. The van der Waals surface area contributed by atoms with Crippen LogP contribution in [0.4, 0.5) is 16.1 Å². The van der Waals surface area contributed by atoms with Gasteiger partial charge in [0.1, 0.15) is 11.8 Å². The summed E-state index contributed by atoms with van der Waals surface area (Å²) in [5.41, 5.74) is 2.13. The van der Waals surface area contributed by atoms with E-state index < -0.39 is 4.92 Å². The highest BCUT2D eigenvalue weighted by Gasteiger charge is 2.12. The highest BCUT2D eigenvalue weighted by atomic mass is 35.5. The molecule has 2 N–H and O–H groups in total. The number of hydrogen-bond donors (Lipinski definition) is 2. The molecule has 0 unspecified atom stereocenters. The van der Waals surface area contributed by atoms with Crippen LogP contribution in [-0.4, -0.2) is 37.4 Å². The quantitative estimate of drug-likeness (QED) is 0.241. The van der Waals surface area contributed by atoms with Crippen LogP contribution in [0.3, 0.4) is 0 Å². The van der Waals surface area contributed by atoms with Gasteiger partial charge in [0.05, 0.1) is 15.6 Å². The van der Waals surface area contributed by atoms with Crippen molar-refractivity contribution in [2.45, 2.75) is 0 Å². The molecule has 0 bridgehead atoms. The molecule has 0 spiro atoms. The fourth-order valence-electron chi connectivity index (χ4n) is 2.66. The van der Waals surface area contributed by atoms with E-state index in [0.717, 1.165) is 16.9 Å². The van der Waals surface area contributed by atoms with Gasteiger partial charge in [0.2, 0.25) is 5.95 Å². The molecule has 0 fully saturated rings. The molecule has 3 heterocycles. The summed E-state index contributed by atoms with van der Waals surface area (Å²) in [6, 6.07) is 7.07. The predicted octanol–water partition coefficient (Wildman–Crippen LogP) is 4.59. The van der Waals surface area contributed by atoms with Gasteiger partial charge in [-0.1, -0.05) is 23.2 Å². The number of nitrogens with zero attached hydrogens (tertiary/aromatic N) is 5. The molecule has 3 aromatic heterocycles. The van der Waals surface area contributed by atoms with Crippen LogP contribution in [0.2, 0.25) is 10.0 Å². The maximum Gasteiger partial charge on any atom is 0.345 e. The second-order valence-electron chi connectivity index (χ2n) is 5.86. The Labute approximate surface area is 178 Å². The third-order valence-corrected chi connectivity index (χ3v) is 5.41. The van der Waals surface area contributed by atoms with E-state index in [2.05, 4.69) is 25.6 Å². The minimum absolute atomic E-state index is 0.00482. The summed E-state index contributed by atoms with van der Waals surface area (Å²) in [5.74, 6) is 0.591. The molecule has 0 aliphatic carbocycles. The van der Waals surface area contributed by atoms with Gasteiger partial charge < -0.3 is 10.6 Å². The minimum Gasteiger partial charge on any atom is -0.360 e. The highest BCUT2D eigenvalue weighted by molar-refractivity contribution is 7.18. The van der Waals surface area contributed by atoms with Gasteiger partial charge in [0.15, 0.2) is 5.13 Å². The van der Waals surface area contributed by atoms with Gasteiger partial charge in [-0.2, -0.15) is 0 Å². The second kappa shape index (κ2) is 8.19. The van der Waals surface area contributed by atoms with Crippen LogP contribution in [0.1, 0.15) is 0 Å². The number of nitro groups is 1. The molecule has 0 amide bonds. The maximum atomic E-state index is 10.7. The van der Waals surface area contributed by atoms with E-state index in [1.54, 1.807) is 24.5 Å². The number of fused-ring (bicyclic) bond motifs is 1. The zero-order valence-corrected chi connectivity index (χ0v) is 17.0. The van der Waals surface area contributed by atoms with Crippen molar-refractivity contribution in [2.75, 3.05) is 23.7 Å². The number of halogens is 2. The molecule has 1 aromatic carbocycles. The van der Waals surface area contributed by atoms with Gasteiger partial charge in [0.25, 0.3) is 0 Å². The second-order valence-corrected chi connectivity index (χ2v) is 7.71. The Bertz CT molecular complexity index is 1190. The molecule has 4 aromatic rings. The van der Waals surface area contributed by atoms with Crippen molar-refractivity contribution in [3.63, 3.8) is 0 Å². The van der Waals surface area contributed by atoms with Gasteiger partial charge in [0, 0.05) is 42.1 Å². The highest BCUT2D eigenvalue weighted by Crippen LogP contribution is 2.30. The van der Waals surface area contributed by atoms with E-state index in [9.17, 15) is 10.1 Å². The average molecular weight is 450 g/mol. The van der Waals surface area contributed by atoms with Crippen LogP contribution < -0.4 is 10.6 Å². The topological polar surface area (TPSA) is 110 Å². The lowest BCUT2D eigenvalue weighted by molar-refractivity contribution is -0.380. The maximum absolute atomic E-state index is 10.7. The molecular formula is C17H13Cl2N7O2S. The standard InChI is InChI=1S/C17H13Cl2N7O2S/c18-10-1-2-11(12(19)7-10)13-8-14-20-5-6-25(14)16(24-13)21-3-4-22-17-23-9-15(29-17)26(27)28/h1-2,5-9H,3-4H2,(H,21,24)(H,22,23). The first-order valence-corrected chi connectivity index (χ1v) is 9.96. The van der Waals surface area contributed by atoms with Gasteiger partial charge in [-0.3, -0.25) is 14.5 Å². The van der Waals surface area contributed by atoms with E-state index in [-0.39, 0.29) is 5.00 Å². The summed E-state index contributed by atoms with van der Waals surface area (Å²) in [7, 11) is 0. The SMILES string of the molecule is O=[N+]([O-])c1cnc(NCCNc2nc(-c3ccc(Cl)cc3Cl)cc3nccn23)s1. The average Bonchev–Trinajstić information content (AvgIpc) is 3.34. The van der Waals surface area contributed by atoms with Crippen LogP contribution in [-0.2, 0) is 0 Å². The Balaban J connectivity index is 1.50. The molecule has 12 heteroatoms. The van der Waals surface area contributed by atoms with E-state index >= 15 is 0 Å². The van der Waals surface area contributed by atoms with E-state index in [0.29, 0.717) is 45.6 Å². The third kappa shape index (κ3) is 4.24. The van der Waals surface area contributed by atoms with Crippen LogP contribution in [0, 0.1) is 10.1 Å². The van der Waals surface area contributed by atoms with Crippen molar-refractivity contribution in [3.8, 4) is 11.3 Å². The molecule has 9 nitrogen and oxygen atoms in total. The van der Waals surface area contributed by atoms with Crippen LogP contribution in [0.5, 0.6) is 0 Å². The molecule has 0 saturated carbocycles. The van der Waals surface area contributed by atoms with E-state index in [4.69, 9.17) is 23.2 Å². The fourth-order valence-corrected chi connectivity index (χ4v) is 3.82. The van der Waals surface area contributed by atoms with Crippen LogP contribution >= 0.6 is 34.5 Å². The largest absolute Gasteiger partial charge is 0.360 e. The van der Waals surface area contributed by atoms with Gasteiger partial charge in [-0.05, 0) is 29.5 Å². The van der Waals surface area contributed by atoms with E-state index in [1.165, 1.54) is 6.20 Å².